The molecule has 6 unspecified atom stereocenters. The fraction of sp³-hybridized carbons (Fsp3) is 0.500. The SMILES string of the molecule is Oc1cc(-c2ncc3c(N4CC5CCC(C4)N5)nc(OCC45CC(F)CN4C4CCCC4C5)nc3c2F)c2c(F)cccc2c1. The zero-order chi connectivity index (χ0) is 30.4. The zero-order valence-electron chi connectivity index (χ0n) is 24.9. The van der Waals surface area contributed by atoms with E-state index >= 15 is 8.78 Å². The summed E-state index contributed by atoms with van der Waals surface area (Å²) >= 11 is 0. The number of benzene rings is 2. The van der Waals surface area contributed by atoms with Gasteiger partial charge in [0.05, 0.1) is 10.9 Å². The Bertz CT molecular complexity index is 1830. The number of fused-ring (bicyclic) bond motifs is 7. The van der Waals surface area contributed by atoms with Crippen LogP contribution in [0.5, 0.6) is 11.8 Å². The lowest BCUT2D eigenvalue weighted by molar-refractivity contribution is 0.0832. The van der Waals surface area contributed by atoms with Crippen LogP contribution in [-0.2, 0) is 0 Å². The fourth-order valence-electron chi connectivity index (χ4n) is 9.28. The lowest BCUT2D eigenvalue weighted by Gasteiger charge is -2.35. The summed E-state index contributed by atoms with van der Waals surface area (Å²) in [6.07, 6.45) is 7.49. The van der Waals surface area contributed by atoms with Gasteiger partial charge in [-0.05, 0) is 61.6 Å². The molecule has 1 aliphatic carbocycles. The number of hydrogen-bond donors (Lipinski definition) is 2. The summed E-state index contributed by atoms with van der Waals surface area (Å²) < 4.78 is 53.0. The van der Waals surface area contributed by atoms with Gasteiger partial charge >= 0.3 is 6.01 Å². The number of hydrogen-bond acceptors (Lipinski definition) is 8. The van der Waals surface area contributed by atoms with Crippen LogP contribution in [0.15, 0.2) is 36.5 Å². The normalized spacial score (nSPS) is 30.8. The van der Waals surface area contributed by atoms with Gasteiger partial charge < -0.3 is 20.1 Å². The molecule has 4 saturated heterocycles. The highest BCUT2D eigenvalue weighted by atomic mass is 19.1. The molecule has 0 amide bonds. The molecule has 6 heterocycles. The molecule has 9 rings (SSSR count). The average molecular weight is 617 g/mol. The second kappa shape index (κ2) is 10.2. The Kier molecular flexibility index (Phi) is 6.23. The number of ether oxygens (including phenoxy) is 1. The van der Waals surface area contributed by atoms with Gasteiger partial charge in [-0.25, -0.2) is 13.2 Å². The molecule has 5 fully saturated rings. The van der Waals surface area contributed by atoms with Crippen LogP contribution >= 0.6 is 0 Å². The first-order chi connectivity index (χ1) is 21.8. The third-order valence-electron chi connectivity index (χ3n) is 11.1. The summed E-state index contributed by atoms with van der Waals surface area (Å²) in [6, 6.07) is 8.33. The monoisotopic (exact) mass is 616 g/mol. The Hall–Kier alpha value is -3.70. The molecule has 0 radical (unpaired) electrons. The molecule has 2 aromatic carbocycles. The molecule has 2 N–H and O–H groups in total. The summed E-state index contributed by atoms with van der Waals surface area (Å²) in [5.74, 6) is -0.310. The minimum Gasteiger partial charge on any atom is -0.508 e. The molecule has 5 aliphatic rings. The molecule has 11 heteroatoms. The number of nitrogens with one attached hydrogen (secondary N) is 1. The number of anilines is 1. The Balaban J connectivity index is 1.15. The van der Waals surface area contributed by atoms with Crippen LogP contribution in [0.25, 0.3) is 32.9 Å². The molecule has 4 aliphatic heterocycles. The van der Waals surface area contributed by atoms with Gasteiger partial charge in [-0.2, -0.15) is 9.97 Å². The number of halogens is 3. The van der Waals surface area contributed by atoms with Crippen molar-refractivity contribution in [1.29, 1.82) is 0 Å². The molecule has 2 bridgehead atoms. The van der Waals surface area contributed by atoms with Crippen LogP contribution in [0.1, 0.15) is 44.9 Å². The van der Waals surface area contributed by atoms with E-state index in [2.05, 4.69) is 25.1 Å². The van der Waals surface area contributed by atoms with Gasteiger partial charge in [0.2, 0.25) is 0 Å². The number of piperazine rings is 1. The first-order valence-corrected chi connectivity index (χ1v) is 16.2. The summed E-state index contributed by atoms with van der Waals surface area (Å²) in [6.45, 7) is 2.08. The Labute approximate surface area is 258 Å². The van der Waals surface area contributed by atoms with Gasteiger partial charge in [-0.3, -0.25) is 9.88 Å². The quantitative estimate of drug-likeness (QED) is 0.304. The van der Waals surface area contributed by atoms with E-state index in [0.29, 0.717) is 66.7 Å². The molecule has 45 heavy (non-hydrogen) atoms. The standard InChI is InChI=1S/C34H35F3N6O2/c35-20-12-34(11-19-4-2-6-27(19)43(34)14-20)17-45-33-40-31-25(32(41-33)42-15-21-7-8-22(16-42)39-21)13-38-30(29(31)37)24-10-23(44)9-18-3-1-5-26(36)28(18)24/h1,3,5,9-10,13,19-22,27,39,44H,2,4,6-8,11-12,14-17H2. The maximum Gasteiger partial charge on any atom is 0.319 e. The third kappa shape index (κ3) is 4.37. The fourth-order valence-corrected chi connectivity index (χ4v) is 9.28. The van der Waals surface area contributed by atoms with E-state index in [0.717, 1.165) is 32.1 Å². The van der Waals surface area contributed by atoms with Crippen LogP contribution < -0.4 is 15.0 Å². The Morgan fingerprint density at radius 1 is 1.02 bits per heavy atom. The topological polar surface area (TPSA) is 86.6 Å². The predicted molar refractivity (Wildman–Crippen MR) is 164 cm³/mol. The summed E-state index contributed by atoms with van der Waals surface area (Å²) in [5.41, 5.74) is -0.376. The molecule has 6 atom stereocenters. The van der Waals surface area contributed by atoms with Gasteiger partial charge in [0.25, 0.3) is 0 Å². The molecule has 1 saturated carbocycles. The van der Waals surface area contributed by atoms with Gasteiger partial charge in [0, 0.05) is 61.3 Å². The molecule has 4 aromatic rings. The number of phenolic OH excluding ortho intramolecular Hbond substituents is 1. The predicted octanol–water partition coefficient (Wildman–Crippen LogP) is 5.50. The summed E-state index contributed by atoms with van der Waals surface area (Å²) in [4.78, 5) is 18.4. The van der Waals surface area contributed by atoms with E-state index in [4.69, 9.17) is 9.72 Å². The molecule has 234 valence electrons. The number of nitrogens with zero attached hydrogens (tertiary/aromatic N) is 5. The first-order valence-electron chi connectivity index (χ1n) is 16.2. The van der Waals surface area contributed by atoms with Crippen molar-refractivity contribution in [3.63, 3.8) is 0 Å². The highest BCUT2D eigenvalue weighted by molar-refractivity contribution is 6.00. The minimum atomic E-state index is -0.900. The third-order valence-corrected chi connectivity index (χ3v) is 11.1. The first kappa shape index (κ1) is 27.6. The zero-order valence-corrected chi connectivity index (χ0v) is 24.9. The maximum absolute atomic E-state index is 16.7. The van der Waals surface area contributed by atoms with Gasteiger partial charge in [-0.15, -0.1) is 0 Å². The van der Waals surface area contributed by atoms with Crippen molar-refractivity contribution in [2.45, 2.75) is 74.8 Å². The van der Waals surface area contributed by atoms with E-state index in [1.165, 1.54) is 30.8 Å². The summed E-state index contributed by atoms with van der Waals surface area (Å²) in [5, 5.41) is 15.1. The van der Waals surface area contributed by atoms with Crippen molar-refractivity contribution in [3.8, 4) is 23.0 Å². The second-order valence-corrected chi connectivity index (χ2v) is 13.8. The Morgan fingerprint density at radius 2 is 1.87 bits per heavy atom. The number of rotatable bonds is 5. The highest BCUT2D eigenvalue weighted by Gasteiger charge is 2.58. The van der Waals surface area contributed by atoms with Crippen molar-refractivity contribution < 1.29 is 23.0 Å². The largest absolute Gasteiger partial charge is 0.508 e. The van der Waals surface area contributed by atoms with Gasteiger partial charge in [0.1, 0.15) is 41.4 Å². The van der Waals surface area contributed by atoms with E-state index in [-0.39, 0.29) is 40.5 Å². The van der Waals surface area contributed by atoms with Crippen LogP contribution in [0.2, 0.25) is 0 Å². The van der Waals surface area contributed by atoms with E-state index in [9.17, 15) is 9.50 Å². The van der Waals surface area contributed by atoms with Gasteiger partial charge in [-0.1, -0.05) is 18.6 Å². The van der Waals surface area contributed by atoms with E-state index in [1.807, 2.05) is 0 Å². The molecule has 8 nitrogen and oxygen atoms in total. The average Bonchev–Trinajstić information content (AvgIpc) is 3.76. The number of aromatic nitrogens is 3. The maximum atomic E-state index is 16.7. The van der Waals surface area contributed by atoms with Crippen molar-refractivity contribution in [3.05, 3.63) is 48.2 Å². The van der Waals surface area contributed by atoms with Crippen molar-refractivity contribution in [1.82, 2.24) is 25.2 Å². The molecular weight excluding hydrogens is 581 g/mol. The van der Waals surface area contributed by atoms with Crippen LogP contribution in [0.4, 0.5) is 19.0 Å². The van der Waals surface area contributed by atoms with Crippen LogP contribution in [-0.4, -0.2) is 81.0 Å². The lowest BCUT2D eigenvalue weighted by atomic mass is 9.89. The van der Waals surface area contributed by atoms with Crippen molar-refractivity contribution in [2.75, 3.05) is 31.1 Å². The van der Waals surface area contributed by atoms with Crippen LogP contribution in [0.3, 0.4) is 0 Å². The molecule has 2 aromatic heterocycles. The van der Waals surface area contributed by atoms with E-state index in [1.54, 1.807) is 12.1 Å². The van der Waals surface area contributed by atoms with Crippen LogP contribution in [0, 0.1) is 17.6 Å². The molecular formula is C34H35F3N6O2. The second-order valence-electron chi connectivity index (χ2n) is 13.8. The number of pyridine rings is 1. The smallest absolute Gasteiger partial charge is 0.319 e. The van der Waals surface area contributed by atoms with Gasteiger partial charge in [0.15, 0.2) is 5.82 Å². The summed E-state index contributed by atoms with van der Waals surface area (Å²) in [7, 11) is 0. The van der Waals surface area contributed by atoms with Crippen molar-refractivity contribution >= 4 is 27.5 Å². The Morgan fingerprint density at radius 3 is 2.71 bits per heavy atom. The number of aromatic hydroxyl groups is 1. The minimum absolute atomic E-state index is 0.0196. The highest BCUT2D eigenvalue weighted by Crippen LogP contribution is 2.52. The van der Waals surface area contributed by atoms with Crippen molar-refractivity contribution in [2.24, 2.45) is 5.92 Å². The number of phenols is 1. The van der Waals surface area contributed by atoms with E-state index < -0.39 is 23.3 Å². The number of alkyl halides is 1. The lowest BCUT2D eigenvalue weighted by Crippen LogP contribution is -2.51. The molecule has 0 spiro atoms.